The minimum atomic E-state index is -1.67. The Morgan fingerprint density at radius 3 is 2.14 bits per heavy atom. The summed E-state index contributed by atoms with van der Waals surface area (Å²) < 4.78 is 5.14. The van der Waals surface area contributed by atoms with Gasteiger partial charge in [-0.25, -0.2) is 0 Å². The lowest BCUT2D eigenvalue weighted by Crippen LogP contribution is -2.45. The number of nitrogens with one attached hydrogen (secondary N) is 1. The van der Waals surface area contributed by atoms with Crippen LogP contribution in [0.1, 0.15) is 13.3 Å². The summed E-state index contributed by atoms with van der Waals surface area (Å²) in [7, 11) is 1.50. The summed E-state index contributed by atoms with van der Waals surface area (Å²) in [6, 6.07) is 0. The van der Waals surface area contributed by atoms with Crippen molar-refractivity contribution in [3.05, 3.63) is 0 Å². The van der Waals surface area contributed by atoms with Gasteiger partial charge < -0.3 is 25.2 Å². The van der Waals surface area contributed by atoms with Crippen LogP contribution >= 0.6 is 0 Å². The monoisotopic (exact) mass is 209 g/mol. The molecule has 0 bridgehead atoms. The zero-order valence-electron chi connectivity index (χ0n) is 8.42. The number of aliphatic hydroxyl groups is 4. The molecule has 0 aliphatic carbocycles. The SMILES string of the molecule is CNC(OC(CCO)C(C)O)C(O)O. The highest BCUT2D eigenvalue weighted by atomic mass is 16.6. The fraction of sp³-hybridized carbons (Fsp3) is 1.00. The minimum Gasteiger partial charge on any atom is -0.396 e. The van der Waals surface area contributed by atoms with Gasteiger partial charge in [-0.3, -0.25) is 5.32 Å². The molecule has 0 aliphatic rings. The molecule has 0 aliphatic heterocycles. The first kappa shape index (κ1) is 13.8. The Bertz CT molecular complexity index is 142. The van der Waals surface area contributed by atoms with Gasteiger partial charge in [-0.15, -0.1) is 0 Å². The molecule has 0 saturated heterocycles. The van der Waals surface area contributed by atoms with Gasteiger partial charge in [0.15, 0.2) is 12.5 Å². The maximum absolute atomic E-state index is 9.24. The van der Waals surface area contributed by atoms with Crippen LogP contribution in [-0.2, 0) is 4.74 Å². The van der Waals surface area contributed by atoms with Gasteiger partial charge in [0, 0.05) is 6.61 Å². The molecule has 0 heterocycles. The van der Waals surface area contributed by atoms with E-state index in [9.17, 15) is 5.11 Å². The van der Waals surface area contributed by atoms with Crippen molar-refractivity contribution in [3.63, 3.8) is 0 Å². The van der Waals surface area contributed by atoms with Crippen LogP contribution in [0.15, 0.2) is 0 Å². The summed E-state index contributed by atoms with van der Waals surface area (Å²) in [5, 5.41) is 38.1. The molecule has 0 aromatic rings. The van der Waals surface area contributed by atoms with Crippen LogP contribution in [-0.4, -0.2) is 58.8 Å². The second-order valence-electron chi connectivity index (χ2n) is 3.05. The third-order valence-electron chi connectivity index (χ3n) is 1.83. The van der Waals surface area contributed by atoms with Crippen LogP contribution in [0.25, 0.3) is 0 Å². The van der Waals surface area contributed by atoms with Gasteiger partial charge in [0.05, 0.1) is 12.2 Å². The Hall–Kier alpha value is -0.240. The highest BCUT2D eigenvalue weighted by Crippen LogP contribution is 2.07. The Kier molecular flexibility index (Phi) is 6.98. The Morgan fingerprint density at radius 2 is 1.86 bits per heavy atom. The van der Waals surface area contributed by atoms with Crippen molar-refractivity contribution >= 4 is 0 Å². The van der Waals surface area contributed by atoms with E-state index in [1.807, 2.05) is 0 Å². The lowest BCUT2D eigenvalue weighted by atomic mass is 10.1. The maximum Gasteiger partial charge on any atom is 0.192 e. The molecule has 0 aromatic carbocycles. The van der Waals surface area contributed by atoms with Crippen molar-refractivity contribution in [1.29, 1.82) is 0 Å². The average molecular weight is 209 g/mol. The van der Waals surface area contributed by atoms with E-state index < -0.39 is 24.7 Å². The number of ether oxygens (including phenoxy) is 1. The van der Waals surface area contributed by atoms with Gasteiger partial charge >= 0.3 is 0 Å². The zero-order chi connectivity index (χ0) is 11.1. The Balaban J connectivity index is 4.11. The molecule has 0 aromatic heterocycles. The van der Waals surface area contributed by atoms with Crippen LogP contribution in [0.2, 0.25) is 0 Å². The second-order valence-corrected chi connectivity index (χ2v) is 3.05. The molecule has 86 valence electrons. The third kappa shape index (κ3) is 4.85. The van der Waals surface area contributed by atoms with Gasteiger partial charge in [0.1, 0.15) is 0 Å². The summed E-state index contributed by atoms with van der Waals surface area (Å²) in [5.74, 6) is 0. The summed E-state index contributed by atoms with van der Waals surface area (Å²) >= 11 is 0. The highest BCUT2D eigenvalue weighted by Gasteiger charge is 2.23. The minimum absolute atomic E-state index is 0.131. The topological polar surface area (TPSA) is 102 Å². The molecule has 3 atom stereocenters. The van der Waals surface area contributed by atoms with E-state index in [4.69, 9.17) is 20.1 Å². The molecule has 6 heteroatoms. The van der Waals surface area contributed by atoms with Gasteiger partial charge in [-0.1, -0.05) is 0 Å². The van der Waals surface area contributed by atoms with E-state index in [1.54, 1.807) is 0 Å². The van der Waals surface area contributed by atoms with Crippen LogP contribution < -0.4 is 5.32 Å². The number of aliphatic hydroxyl groups excluding tert-OH is 3. The smallest absolute Gasteiger partial charge is 0.192 e. The van der Waals surface area contributed by atoms with Crippen LogP contribution in [0, 0.1) is 0 Å². The van der Waals surface area contributed by atoms with Crippen molar-refractivity contribution in [1.82, 2.24) is 5.32 Å². The number of rotatable bonds is 7. The summed E-state index contributed by atoms with van der Waals surface area (Å²) in [6.07, 6.45) is -3.81. The molecule has 0 saturated carbocycles. The fourth-order valence-electron chi connectivity index (χ4n) is 1.03. The standard InChI is InChI=1S/C8H19NO5/c1-5(11)6(3-4-10)14-7(9-2)8(12)13/h5-13H,3-4H2,1-2H3. The van der Waals surface area contributed by atoms with Crippen molar-refractivity contribution < 1.29 is 25.2 Å². The van der Waals surface area contributed by atoms with Crippen molar-refractivity contribution in [2.24, 2.45) is 0 Å². The van der Waals surface area contributed by atoms with E-state index in [-0.39, 0.29) is 13.0 Å². The third-order valence-corrected chi connectivity index (χ3v) is 1.83. The summed E-state index contributed by atoms with van der Waals surface area (Å²) in [5.41, 5.74) is 0. The second kappa shape index (κ2) is 7.10. The molecule has 0 amide bonds. The van der Waals surface area contributed by atoms with E-state index in [0.29, 0.717) is 0 Å². The first-order valence-corrected chi connectivity index (χ1v) is 4.50. The lowest BCUT2D eigenvalue weighted by molar-refractivity contribution is -0.190. The summed E-state index contributed by atoms with van der Waals surface area (Å²) in [6.45, 7) is 1.38. The maximum atomic E-state index is 9.24. The molecular formula is C8H19NO5. The molecule has 0 radical (unpaired) electrons. The van der Waals surface area contributed by atoms with Crippen molar-refractivity contribution in [3.8, 4) is 0 Å². The van der Waals surface area contributed by atoms with Crippen LogP contribution in [0.4, 0.5) is 0 Å². The largest absolute Gasteiger partial charge is 0.396 e. The van der Waals surface area contributed by atoms with Crippen molar-refractivity contribution in [2.75, 3.05) is 13.7 Å². The quantitative estimate of drug-likeness (QED) is 0.311. The number of likely N-dealkylation sites (N-methyl/N-ethyl adjacent to an activating group) is 1. The molecule has 5 N–H and O–H groups in total. The lowest BCUT2D eigenvalue weighted by Gasteiger charge is -2.26. The first-order chi connectivity index (χ1) is 6.52. The number of hydrogen-bond donors (Lipinski definition) is 5. The van der Waals surface area contributed by atoms with Crippen molar-refractivity contribution in [2.45, 2.75) is 38.1 Å². The Morgan fingerprint density at radius 1 is 1.29 bits per heavy atom. The molecule has 6 nitrogen and oxygen atoms in total. The van der Waals surface area contributed by atoms with E-state index >= 15 is 0 Å². The average Bonchev–Trinajstić information content (AvgIpc) is 2.11. The summed E-state index contributed by atoms with van der Waals surface area (Å²) in [4.78, 5) is 0. The number of hydrogen-bond acceptors (Lipinski definition) is 6. The molecule has 3 unspecified atom stereocenters. The van der Waals surface area contributed by atoms with Crippen LogP contribution in [0.5, 0.6) is 0 Å². The predicted molar refractivity (Wildman–Crippen MR) is 49.3 cm³/mol. The van der Waals surface area contributed by atoms with Gasteiger partial charge in [0.2, 0.25) is 0 Å². The van der Waals surface area contributed by atoms with Gasteiger partial charge in [0.25, 0.3) is 0 Å². The molecule has 0 fully saturated rings. The van der Waals surface area contributed by atoms with Crippen LogP contribution in [0.3, 0.4) is 0 Å². The normalized spacial score (nSPS) is 18.2. The molecule has 0 rings (SSSR count). The molecular weight excluding hydrogens is 190 g/mol. The molecule has 14 heavy (non-hydrogen) atoms. The Labute approximate surface area is 83.1 Å². The van der Waals surface area contributed by atoms with Gasteiger partial charge in [-0.05, 0) is 20.4 Å². The van der Waals surface area contributed by atoms with E-state index in [2.05, 4.69) is 5.32 Å². The van der Waals surface area contributed by atoms with Gasteiger partial charge in [-0.2, -0.15) is 0 Å². The van der Waals surface area contributed by atoms with E-state index in [0.717, 1.165) is 0 Å². The predicted octanol–water partition coefficient (Wildman–Crippen LogP) is -2.01. The molecule has 0 spiro atoms. The zero-order valence-corrected chi connectivity index (χ0v) is 8.42. The first-order valence-electron chi connectivity index (χ1n) is 4.50. The fourth-order valence-corrected chi connectivity index (χ4v) is 1.03. The van der Waals surface area contributed by atoms with E-state index in [1.165, 1.54) is 14.0 Å². The highest BCUT2D eigenvalue weighted by molar-refractivity contribution is 4.67.